The molecule has 0 bridgehead atoms. The third-order valence-electron chi connectivity index (χ3n) is 5.53. The second kappa shape index (κ2) is 11.9. The van der Waals surface area contributed by atoms with E-state index in [1.807, 2.05) is 79.7 Å². The van der Waals surface area contributed by atoms with Gasteiger partial charge < -0.3 is 23.7 Å². The Hall–Kier alpha value is -3.03. The van der Waals surface area contributed by atoms with E-state index in [4.69, 9.17) is 25.1 Å². The van der Waals surface area contributed by atoms with Crippen molar-refractivity contribution in [1.82, 2.24) is 0 Å². The second-order valence-corrected chi connectivity index (χ2v) is 8.12. The average molecular weight is 464 g/mol. The van der Waals surface area contributed by atoms with Gasteiger partial charge in [0.05, 0.1) is 26.8 Å². The van der Waals surface area contributed by atoms with Gasteiger partial charge in [0.2, 0.25) is 0 Å². The number of hydrogen-bond acceptors (Lipinski definition) is 6. The number of hydrogen-bond donors (Lipinski definition) is 0. The van der Waals surface area contributed by atoms with Crippen LogP contribution < -0.4 is 0 Å². The fourth-order valence-corrected chi connectivity index (χ4v) is 3.69. The van der Waals surface area contributed by atoms with Gasteiger partial charge in [-0.05, 0) is 30.2 Å². The van der Waals surface area contributed by atoms with Gasteiger partial charge in [-0.15, -0.1) is 0 Å². The smallest absolute Gasteiger partial charge is 0.338 e. The van der Waals surface area contributed by atoms with Gasteiger partial charge in [0.15, 0.2) is 12.4 Å². The van der Waals surface area contributed by atoms with Crippen molar-refractivity contribution < 1.29 is 29.8 Å². The van der Waals surface area contributed by atoms with Gasteiger partial charge in [-0.2, -0.15) is 0 Å². The molecule has 6 heteroatoms. The van der Waals surface area contributed by atoms with Crippen LogP contribution in [0.25, 0.3) is 0 Å². The van der Waals surface area contributed by atoms with Crippen LogP contribution in [0.4, 0.5) is 0 Å². The molecule has 1 aliphatic rings. The summed E-state index contributed by atoms with van der Waals surface area (Å²) in [4.78, 5) is 13.0. The molecule has 4 rings (SSSR count). The molecule has 0 aromatic heterocycles. The Kier molecular flexibility index (Phi) is 7.96. The van der Waals surface area contributed by atoms with Crippen molar-refractivity contribution in [2.45, 2.75) is 44.7 Å². The van der Waals surface area contributed by atoms with Gasteiger partial charge in [0, 0.05) is 7.11 Å². The summed E-state index contributed by atoms with van der Waals surface area (Å²) in [6.07, 6.45) is -4.72. The first-order chi connectivity index (χ1) is 17.0. The highest BCUT2D eigenvalue weighted by atomic mass is 16.7. The zero-order valence-electron chi connectivity index (χ0n) is 20.4. The number of benzene rings is 3. The lowest BCUT2D eigenvalue weighted by Crippen LogP contribution is -2.40. The molecule has 0 unspecified atom stereocenters. The minimum Gasteiger partial charge on any atom is -0.450 e. The van der Waals surface area contributed by atoms with E-state index in [0.29, 0.717) is 12.2 Å². The maximum absolute atomic E-state index is 13.0. The van der Waals surface area contributed by atoms with E-state index in [-0.39, 0.29) is 13.2 Å². The first-order valence-electron chi connectivity index (χ1n) is 11.7. The maximum atomic E-state index is 13.0. The summed E-state index contributed by atoms with van der Waals surface area (Å²) in [7, 11) is 1.41. The quantitative estimate of drug-likeness (QED) is 0.407. The predicted octanol–water partition coefficient (Wildman–Crippen LogP) is 4.69. The van der Waals surface area contributed by atoms with Crippen LogP contribution in [0.15, 0.2) is 84.9 Å². The van der Waals surface area contributed by atoms with E-state index in [1.54, 1.807) is 12.1 Å². The molecule has 0 N–H and O–H groups in total. The molecule has 4 atom stereocenters. The number of carbonyl (C=O) groups excluding carboxylic acids is 1. The topological polar surface area (TPSA) is 63.2 Å². The number of rotatable bonds is 10. The standard InChI is InChI=1S/C28H30O6/c1-20-13-15-23(16-14-20)27(29)34-26-25(32-18-22-11-7-4-8-12-22)24(33-28(26)30-2)19-31-17-21-9-5-3-6-10-21/h3-16,24-26,28H,17-19H2,1-2H3/t24-,25-,26+,28-/m1/s1/i26D. The molecule has 0 spiro atoms. The van der Waals surface area contributed by atoms with Crippen LogP contribution in [0.1, 0.15) is 28.4 Å². The normalized spacial score (nSPS) is 24.5. The van der Waals surface area contributed by atoms with Crippen molar-refractivity contribution in [3.8, 4) is 0 Å². The zero-order chi connectivity index (χ0) is 24.7. The van der Waals surface area contributed by atoms with Gasteiger partial charge in [0.25, 0.3) is 0 Å². The summed E-state index contributed by atoms with van der Waals surface area (Å²) in [6.45, 7) is 2.65. The predicted molar refractivity (Wildman–Crippen MR) is 127 cm³/mol. The van der Waals surface area contributed by atoms with E-state index in [0.717, 1.165) is 16.7 Å². The van der Waals surface area contributed by atoms with E-state index in [1.165, 1.54) is 7.11 Å². The molecule has 178 valence electrons. The van der Waals surface area contributed by atoms with Crippen molar-refractivity contribution in [3.63, 3.8) is 0 Å². The van der Waals surface area contributed by atoms with Crippen LogP contribution in [-0.2, 0) is 36.9 Å². The van der Waals surface area contributed by atoms with Gasteiger partial charge in [-0.3, -0.25) is 0 Å². The minimum absolute atomic E-state index is 0.136. The summed E-state index contributed by atoms with van der Waals surface area (Å²) in [5, 5.41) is 0. The van der Waals surface area contributed by atoms with Gasteiger partial charge >= 0.3 is 5.97 Å². The Morgan fingerprint density at radius 1 is 0.912 bits per heavy atom. The van der Waals surface area contributed by atoms with E-state index < -0.39 is 30.5 Å². The van der Waals surface area contributed by atoms with Crippen LogP contribution in [-0.4, -0.2) is 44.3 Å². The van der Waals surface area contributed by atoms with Crippen molar-refractivity contribution in [2.75, 3.05) is 13.7 Å². The number of methoxy groups -OCH3 is 1. The summed E-state index contributed by atoms with van der Waals surface area (Å²) in [5.74, 6) is -0.648. The molecule has 0 radical (unpaired) electrons. The molecule has 1 saturated heterocycles. The highest BCUT2D eigenvalue weighted by molar-refractivity contribution is 5.89. The maximum Gasteiger partial charge on any atom is 0.338 e. The molecule has 3 aromatic carbocycles. The Morgan fingerprint density at radius 2 is 1.53 bits per heavy atom. The molecule has 0 saturated carbocycles. The summed E-state index contributed by atoms with van der Waals surface area (Å²) >= 11 is 0. The monoisotopic (exact) mass is 463 g/mol. The molecular weight excluding hydrogens is 432 g/mol. The SMILES string of the molecule is [2H][C@@]1(OC(=O)c2ccc(C)cc2)[C@H](OC)O[C@H](COCc2ccccc2)[C@H]1OCc1ccccc1. The number of aryl methyl sites for hydroxylation is 1. The average Bonchev–Trinajstić information content (AvgIpc) is 3.14. The summed E-state index contributed by atoms with van der Waals surface area (Å²) in [5.41, 5.74) is 3.28. The Bertz CT molecular complexity index is 1080. The third kappa shape index (κ3) is 6.30. The van der Waals surface area contributed by atoms with E-state index in [2.05, 4.69) is 0 Å². The lowest BCUT2D eigenvalue weighted by Gasteiger charge is -2.24. The first kappa shape index (κ1) is 22.7. The zero-order valence-corrected chi connectivity index (χ0v) is 19.4. The van der Waals surface area contributed by atoms with E-state index in [9.17, 15) is 4.79 Å². The summed E-state index contributed by atoms with van der Waals surface area (Å²) in [6, 6.07) is 26.3. The highest BCUT2D eigenvalue weighted by Crippen LogP contribution is 2.29. The lowest BCUT2D eigenvalue weighted by atomic mass is 10.1. The van der Waals surface area contributed by atoms with Crippen LogP contribution in [0.2, 0.25) is 0 Å². The fraction of sp³-hybridized carbons (Fsp3) is 0.321. The van der Waals surface area contributed by atoms with Crippen molar-refractivity contribution >= 4 is 5.97 Å². The van der Waals surface area contributed by atoms with E-state index >= 15 is 0 Å². The molecular formula is C28H30O6. The second-order valence-electron chi connectivity index (χ2n) is 8.12. The van der Waals surface area contributed by atoms with Gasteiger partial charge in [0.1, 0.15) is 12.2 Å². The van der Waals surface area contributed by atoms with Crippen LogP contribution >= 0.6 is 0 Å². The molecule has 0 amide bonds. The van der Waals surface area contributed by atoms with Crippen molar-refractivity contribution in [2.24, 2.45) is 0 Å². The van der Waals surface area contributed by atoms with Crippen molar-refractivity contribution in [3.05, 3.63) is 107 Å². The number of carbonyl (C=O) groups is 1. The van der Waals surface area contributed by atoms with Crippen molar-refractivity contribution in [1.29, 1.82) is 0 Å². The fourth-order valence-electron chi connectivity index (χ4n) is 3.69. The van der Waals surface area contributed by atoms with Gasteiger partial charge in [-0.1, -0.05) is 78.4 Å². The first-order valence-corrected chi connectivity index (χ1v) is 11.2. The van der Waals surface area contributed by atoms with Crippen LogP contribution in [0.3, 0.4) is 0 Å². The van der Waals surface area contributed by atoms with Crippen LogP contribution in [0, 0.1) is 6.92 Å². The number of ether oxygens (including phenoxy) is 5. The Labute approximate surface area is 201 Å². The molecule has 1 aliphatic heterocycles. The van der Waals surface area contributed by atoms with Crippen LogP contribution in [0.5, 0.6) is 0 Å². The Balaban J connectivity index is 1.52. The molecule has 3 aromatic rings. The Morgan fingerprint density at radius 3 is 2.15 bits per heavy atom. The molecule has 0 aliphatic carbocycles. The highest BCUT2D eigenvalue weighted by Gasteiger charge is 2.48. The lowest BCUT2D eigenvalue weighted by molar-refractivity contribution is -0.158. The molecule has 1 heterocycles. The minimum atomic E-state index is -1.94. The van der Waals surface area contributed by atoms with Gasteiger partial charge in [-0.25, -0.2) is 4.79 Å². The third-order valence-corrected chi connectivity index (χ3v) is 5.53. The molecule has 1 fully saturated rings. The molecule has 34 heavy (non-hydrogen) atoms. The number of esters is 1. The summed E-state index contributed by atoms with van der Waals surface area (Å²) < 4.78 is 38.3. The molecule has 6 nitrogen and oxygen atoms in total. The largest absolute Gasteiger partial charge is 0.450 e.